The largest absolute Gasteiger partial charge is 0.379 e. The summed E-state index contributed by atoms with van der Waals surface area (Å²) < 4.78 is 18.6. The number of benzene rings is 1. The first-order chi connectivity index (χ1) is 9.58. The number of morpholine rings is 1. The number of anilines is 1. The van der Waals surface area contributed by atoms with Crippen molar-refractivity contribution in [2.24, 2.45) is 0 Å². The first-order valence-electron chi connectivity index (χ1n) is 6.56. The van der Waals surface area contributed by atoms with Gasteiger partial charge >= 0.3 is 0 Å². The summed E-state index contributed by atoms with van der Waals surface area (Å²) in [6.45, 7) is 6.11. The molecule has 1 fully saturated rings. The molecule has 0 saturated carbocycles. The number of ether oxygens (including phenoxy) is 1. The molecular weight excluding hydrogens is 265 g/mol. The van der Waals surface area contributed by atoms with E-state index in [0.29, 0.717) is 17.8 Å². The van der Waals surface area contributed by atoms with Crippen LogP contribution in [0.3, 0.4) is 0 Å². The third-order valence-corrected chi connectivity index (χ3v) is 3.32. The van der Waals surface area contributed by atoms with Crippen molar-refractivity contribution < 1.29 is 14.1 Å². The molecular formula is C13H18FN3O3. The molecule has 0 radical (unpaired) electrons. The van der Waals surface area contributed by atoms with Crippen LogP contribution in [0.4, 0.5) is 15.8 Å². The highest BCUT2D eigenvalue weighted by atomic mass is 19.1. The van der Waals surface area contributed by atoms with E-state index < -0.39 is 10.7 Å². The Labute approximate surface area is 116 Å². The number of hydrogen-bond acceptors (Lipinski definition) is 5. The van der Waals surface area contributed by atoms with E-state index in [0.717, 1.165) is 38.9 Å². The van der Waals surface area contributed by atoms with Gasteiger partial charge in [-0.15, -0.1) is 0 Å². The van der Waals surface area contributed by atoms with Gasteiger partial charge < -0.3 is 10.1 Å². The van der Waals surface area contributed by atoms with Crippen molar-refractivity contribution in [2.75, 3.05) is 44.7 Å². The summed E-state index contributed by atoms with van der Waals surface area (Å²) in [6, 6.07) is 2.44. The maximum atomic E-state index is 13.4. The van der Waals surface area contributed by atoms with Crippen molar-refractivity contribution in [1.29, 1.82) is 0 Å². The quantitative estimate of drug-likeness (QED) is 0.659. The number of nitrogens with one attached hydrogen (secondary N) is 1. The lowest BCUT2D eigenvalue weighted by Crippen LogP contribution is -2.39. The molecule has 0 aromatic heterocycles. The normalized spacial score (nSPS) is 16.1. The molecule has 20 heavy (non-hydrogen) atoms. The van der Waals surface area contributed by atoms with Crippen LogP contribution >= 0.6 is 0 Å². The Hall–Kier alpha value is -1.73. The summed E-state index contributed by atoms with van der Waals surface area (Å²) in [5.41, 5.74) is 0.529. The molecule has 0 bridgehead atoms. The summed E-state index contributed by atoms with van der Waals surface area (Å²) >= 11 is 0. The molecule has 1 aromatic carbocycles. The second-order valence-corrected chi connectivity index (χ2v) is 4.76. The lowest BCUT2D eigenvalue weighted by Gasteiger charge is -2.26. The molecule has 7 heteroatoms. The minimum atomic E-state index is -0.570. The first-order valence-corrected chi connectivity index (χ1v) is 6.56. The monoisotopic (exact) mass is 283 g/mol. The molecule has 0 spiro atoms. The van der Waals surface area contributed by atoms with Crippen molar-refractivity contribution >= 4 is 11.4 Å². The zero-order chi connectivity index (χ0) is 14.5. The average Bonchev–Trinajstić information content (AvgIpc) is 2.43. The molecule has 1 aromatic rings. The number of hydrogen-bond donors (Lipinski definition) is 1. The van der Waals surface area contributed by atoms with Gasteiger partial charge in [-0.05, 0) is 18.6 Å². The molecule has 0 unspecified atom stereocenters. The Bertz CT molecular complexity index is 490. The smallest absolute Gasteiger partial charge is 0.295 e. The fourth-order valence-electron chi connectivity index (χ4n) is 2.14. The van der Waals surface area contributed by atoms with Crippen LogP contribution in [0.5, 0.6) is 0 Å². The average molecular weight is 283 g/mol. The van der Waals surface area contributed by atoms with Crippen molar-refractivity contribution in [3.05, 3.63) is 33.6 Å². The van der Waals surface area contributed by atoms with Crippen LogP contribution in [0.25, 0.3) is 0 Å². The van der Waals surface area contributed by atoms with Crippen LogP contribution in [0.15, 0.2) is 12.1 Å². The molecule has 1 aliphatic heterocycles. The number of rotatable bonds is 5. The number of nitro benzene ring substituents is 1. The highest BCUT2D eigenvalue weighted by Gasteiger charge is 2.17. The van der Waals surface area contributed by atoms with Gasteiger partial charge in [0.05, 0.1) is 24.2 Å². The zero-order valence-corrected chi connectivity index (χ0v) is 11.4. The van der Waals surface area contributed by atoms with Gasteiger partial charge in [-0.3, -0.25) is 15.0 Å². The molecule has 0 amide bonds. The van der Waals surface area contributed by atoms with E-state index in [2.05, 4.69) is 10.2 Å². The van der Waals surface area contributed by atoms with Crippen LogP contribution in [0.1, 0.15) is 5.56 Å². The van der Waals surface area contributed by atoms with Gasteiger partial charge in [0.2, 0.25) is 0 Å². The number of aryl methyl sites for hydroxylation is 1. The summed E-state index contributed by atoms with van der Waals surface area (Å²) in [7, 11) is 0. The molecule has 1 N–H and O–H groups in total. The Kier molecular flexibility index (Phi) is 4.86. The zero-order valence-electron chi connectivity index (χ0n) is 11.4. The molecule has 1 aliphatic rings. The van der Waals surface area contributed by atoms with Crippen LogP contribution < -0.4 is 5.32 Å². The summed E-state index contributed by atoms with van der Waals surface area (Å²) in [5, 5.41) is 13.9. The Morgan fingerprint density at radius 2 is 2.15 bits per heavy atom. The topological polar surface area (TPSA) is 67.6 Å². The molecule has 0 aliphatic carbocycles. The first kappa shape index (κ1) is 14.7. The van der Waals surface area contributed by atoms with Gasteiger partial charge in [0.1, 0.15) is 11.5 Å². The van der Waals surface area contributed by atoms with Gasteiger partial charge in [-0.25, -0.2) is 4.39 Å². The summed E-state index contributed by atoms with van der Waals surface area (Å²) in [6.07, 6.45) is 0. The van der Waals surface area contributed by atoms with E-state index in [1.165, 1.54) is 6.07 Å². The third kappa shape index (κ3) is 3.64. The highest BCUT2D eigenvalue weighted by molar-refractivity contribution is 5.63. The Morgan fingerprint density at radius 3 is 2.80 bits per heavy atom. The van der Waals surface area contributed by atoms with E-state index in [4.69, 9.17) is 4.74 Å². The molecule has 0 atom stereocenters. The Balaban J connectivity index is 1.97. The van der Waals surface area contributed by atoms with E-state index in [1.807, 2.05) is 0 Å². The molecule has 1 heterocycles. The van der Waals surface area contributed by atoms with Crippen LogP contribution in [0, 0.1) is 22.9 Å². The van der Waals surface area contributed by atoms with Gasteiger partial charge in [-0.2, -0.15) is 0 Å². The lowest BCUT2D eigenvalue weighted by atomic mass is 10.2. The maximum absolute atomic E-state index is 13.4. The van der Waals surface area contributed by atoms with E-state index in [9.17, 15) is 14.5 Å². The maximum Gasteiger partial charge on any atom is 0.295 e. The van der Waals surface area contributed by atoms with Gasteiger partial charge in [-0.1, -0.05) is 0 Å². The third-order valence-electron chi connectivity index (χ3n) is 3.32. The fourth-order valence-corrected chi connectivity index (χ4v) is 2.14. The number of halogens is 1. The van der Waals surface area contributed by atoms with Crippen molar-refractivity contribution in [3.8, 4) is 0 Å². The van der Waals surface area contributed by atoms with Crippen LogP contribution in [-0.4, -0.2) is 49.2 Å². The second-order valence-electron chi connectivity index (χ2n) is 4.76. The number of nitro groups is 1. The van der Waals surface area contributed by atoms with Gasteiger partial charge in [0, 0.05) is 26.2 Å². The summed E-state index contributed by atoms with van der Waals surface area (Å²) in [5.74, 6) is -0.560. The molecule has 110 valence electrons. The minimum Gasteiger partial charge on any atom is -0.379 e. The molecule has 6 nitrogen and oxygen atoms in total. The minimum absolute atomic E-state index is 0.227. The Morgan fingerprint density at radius 1 is 1.45 bits per heavy atom. The van der Waals surface area contributed by atoms with E-state index in [-0.39, 0.29) is 5.69 Å². The summed E-state index contributed by atoms with van der Waals surface area (Å²) in [4.78, 5) is 12.6. The predicted octanol–water partition coefficient (Wildman–Crippen LogP) is 1.79. The van der Waals surface area contributed by atoms with E-state index in [1.54, 1.807) is 6.92 Å². The van der Waals surface area contributed by atoms with Gasteiger partial charge in [0.25, 0.3) is 5.69 Å². The van der Waals surface area contributed by atoms with E-state index >= 15 is 0 Å². The lowest BCUT2D eigenvalue weighted by molar-refractivity contribution is -0.384. The van der Waals surface area contributed by atoms with Crippen molar-refractivity contribution in [2.45, 2.75) is 6.92 Å². The molecule has 2 rings (SSSR count). The predicted molar refractivity (Wildman–Crippen MR) is 73.5 cm³/mol. The fraction of sp³-hybridized carbons (Fsp3) is 0.538. The SMILES string of the molecule is Cc1cc(NCCN2CCOCC2)c([N+](=O)[O-])cc1F. The van der Waals surface area contributed by atoms with Crippen LogP contribution in [-0.2, 0) is 4.74 Å². The highest BCUT2D eigenvalue weighted by Crippen LogP contribution is 2.27. The standard InChI is InChI=1S/C13H18FN3O3/c1-10-8-12(13(17(18)19)9-11(10)14)15-2-3-16-4-6-20-7-5-16/h8-9,15H,2-7H2,1H3. The van der Waals surface area contributed by atoms with Crippen molar-refractivity contribution in [1.82, 2.24) is 4.90 Å². The second kappa shape index (κ2) is 6.62. The number of nitrogens with zero attached hydrogens (tertiary/aromatic N) is 2. The molecule has 1 saturated heterocycles. The van der Waals surface area contributed by atoms with Gasteiger partial charge in [0.15, 0.2) is 0 Å². The van der Waals surface area contributed by atoms with Crippen molar-refractivity contribution in [3.63, 3.8) is 0 Å². The van der Waals surface area contributed by atoms with Crippen LogP contribution in [0.2, 0.25) is 0 Å².